The molecule has 0 aromatic rings. The van der Waals surface area contributed by atoms with Gasteiger partial charge in [0.25, 0.3) is 0 Å². The van der Waals surface area contributed by atoms with Crippen LogP contribution in [0.3, 0.4) is 0 Å². The predicted octanol–water partition coefficient (Wildman–Crippen LogP) is 0.450. The second-order valence-electron chi connectivity index (χ2n) is 1.37. The normalized spacial score (nSPS) is 16.0. The lowest BCUT2D eigenvalue weighted by Gasteiger charge is -2.08. The highest BCUT2D eigenvalue weighted by Crippen LogP contribution is 2.39. The quantitative estimate of drug-likeness (QED) is 0.378. The van der Waals surface area contributed by atoms with E-state index in [1.807, 2.05) is 0 Å². The lowest BCUT2D eigenvalue weighted by atomic mass is 10.8. The Kier molecular flexibility index (Phi) is 3.45. The number of hydrogen-bond donors (Lipinski definition) is 3. The molecular weight excluding hydrogens is 244 g/mol. The molecule has 0 aliphatic rings. The topological polar surface area (TPSA) is 69.6 Å². The van der Waals surface area contributed by atoms with Gasteiger partial charge in [-0.25, -0.2) is 3.53 Å². The van der Waals surface area contributed by atoms with E-state index in [-0.39, 0.29) is 0 Å². The SMILES string of the molecule is CC(NI)P(=O)(O)O. The molecule has 4 nitrogen and oxygen atoms in total. The van der Waals surface area contributed by atoms with Gasteiger partial charge in [0, 0.05) is 22.9 Å². The minimum atomic E-state index is -3.88. The molecule has 0 amide bonds. The van der Waals surface area contributed by atoms with Crippen LogP contribution in [0.2, 0.25) is 0 Å². The number of nitrogens with one attached hydrogen (secondary N) is 1. The average Bonchev–Trinajstić information content (AvgIpc) is 1.62. The van der Waals surface area contributed by atoms with E-state index in [2.05, 4.69) is 3.53 Å². The Morgan fingerprint density at radius 3 is 2.12 bits per heavy atom. The first kappa shape index (κ1) is 8.84. The molecule has 1 unspecified atom stereocenters. The van der Waals surface area contributed by atoms with Crippen LogP contribution >= 0.6 is 30.5 Å². The minimum absolute atomic E-state index is 0.747. The van der Waals surface area contributed by atoms with Crippen LogP contribution in [-0.2, 0) is 4.57 Å². The van der Waals surface area contributed by atoms with Crippen LogP contribution in [0.1, 0.15) is 6.92 Å². The standard InChI is InChI=1S/C2H7INO3P/c1-2(4-3)8(5,6)7/h2,4H,1H3,(H2,5,6,7). The van der Waals surface area contributed by atoms with Gasteiger partial charge in [0.15, 0.2) is 0 Å². The fourth-order valence-electron chi connectivity index (χ4n) is 0.0636. The van der Waals surface area contributed by atoms with Crippen molar-refractivity contribution in [3.63, 3.8) is 0 Å². The summed E-state index contributed by atoms with van der Waals surface area (Å²) in [5, 5.41) is 0. The van der Waals surface area contributed by atoms with Crippen molar-refractivity contribution in [3.05, 3.63) is 0 Å². The van der Waals surface area contributed by atoms with Crippen LogP contribution in [0.25, 0.3) is 0 Å². The lowest BCUT2D eigenvalue weighted by Crippen LogP contribution is -2.14. The summed E-state index contributed by atoms with van der Waals surface area (Å²) in [7, 11) is -3.88. The van der Waals surface area contributed by atoms with E-state index < -0.39 is 13.4 Å². The Labute approximate surface area is 61.3 Å². The zero-order valence-corrected chi connectivity index (χ0v) is 7.26. The molecule has 0 aliphatic heterocycles. The van der Waals surface area contributed by atoms with Gasteiger partial charge in [-0.05, 0) is 6.92 Å². The Hall–Kier alpha value is 0.840. The third-order valence-electron chi connectivity index (χ3n) is 0.662. The first-order valence-electron chi connectivity index (χ1n) is 1.90. The van der Waals surface area contributed by atoms with Crippen molar-refractivity contribution >= 4 is 30.5 Å². The molecule has 3 N–H and O–H groups in total. The average molecular weight is 251 g/mol. The molecule has 0 aromatic carbocycles. The van der Waals surface area contributed by atoms with Crippen molar-refractivity contribution in [2.24, 2.45) is 0 Å². The first-order valence-corrected chi connectivity index (χ1v) is 4.66. The third-order valence-corrected chi connectivity index (χ3v) is 3.23. The number of rotatable bonds is 2. The highest BCUT2D eigenvalue weighted by Gasteiger charge is 2.21. The van der Waals surface area contributed by atoms with E-state index in [4.69, 9.17) is 9.79 Å². The Bertz CT molecular complexity index is 112. The summed E-state index contributed by atoms with van der Waals surface area (Å²) in [4.78, 5) is 16.7. The molecule has 0 fully saturated rings. The van der Waals surface area contributed by atoms with Gasteiger partial charge in [-0.1, -0.05) is 0 Å². The van der Waals surface area contributed by atoms with Crippen LogP contribution in [0, 0.1) is 0 Å². The largest absolute Gasteiger partial charge is 0.342 e. The second kappa shape index (κ2) is 3.12. The maximum Gasteiger partial charge on any atom is 0.342 e. The monoisotopic (exact) mass is 251 g/mol. The predicted molar refractivity (Wildman–Crippen MR) is 38.7 cm³/mol. The highest BCUT2D eigenvalue weighted by molar-refractivity contribution is 14.1. The molecule has 0 aliphatic carbocycles. The van der Waals surface area contributed by atoms with E-state index in [1.54, 1.807) is 22.9 Å². The molecule has 50 valence electrons. The summed E-state index contributed by atoms with van der Waals surface area (Å²) >= 11 is 1.70. The lowest BCUT2D eigenvalue weighted by molar-refractivity contribution is 0.360. The molecule has 0 aromatic heterocycles. The zero-order chi connectivity index (χ0) is 6.78. The van der Waals surface area contributed by atoms with Crippen LogP contribution in [0.15, 0.2) is 0 Å². The molecule has 0 saturated carbocycles. The molecule has 0 bridgehead atoms. The Morgan fingerprint density at radius 2 is 2.12 bits per heavy atom. The molecule has 1 atom stereocenters. The highest BCUT2D eigenvalue weighted by atomic mass is 127. The van der Waals surface area contributed by atoms with Crippen LogP contribution in [0.5, 0.6) is 0 Å². The molecular formula is C2H7INO3P. The van der Waals surface area contributed by atoms with Crippen molar-refractivity contribution in [2.45, 2.75) is 12.7 Å². The van der Waals surface area contributed by atoms with Gasteiger partial charge in [-0.15, -0.1) is 0 Å². The second-order valence-corrected chi connectivity index (χ2v) is 3.95. The first-order chi connectivity index (χ1) is 3.48. The Morgan fingerprint density at radius 1 is 1.75 bits per heavy atom. The minimum Gasteiger partial charge on any atom is -0.323 e. The van der Waals surface area contributed by atoms with E-state index in [0.717, 1.165) is 0 Å². The molecule has 8 heavy (non-hydrogen) atoms. The number of halogens is 1. The maximum atomic E-state index is 10.2. The van der Waals surface area contributed by atoms with Gasteiger partial charge in [0.05, 0.1) is 0 Å². The third kappa shape index (κ3) is 2.99. The van der Waals surface area contributed by atoms with E-state index in [9.17, 15) is 4.57 Å². The molecule has 0 spiro atoms. The summed E-state index contributed by atoms with van der Waals surface area (Å²) in [6.45, 7) is 1.42. The smallest absolute Gasteiger partial charge is 0.323 e. The van der Waals surface area contributed by atoms with Crippen molar-refractivity contribution in [1.29, 1.82) is 0 Å². The van der Waals surface area contributed by atoms with Crippen molar-refractivity contribution in [1.82, 2.24) is 3.53 Å². The summed E-state index contributed by atoms with van der Waals surface area (Å²) < 4.78 is 12.6. The van der Waals surface area contributed by atoms with Crippen molar-refractivity contribution in [3.8, 4) is 0 Å². The van der Waals surface area contributed by atoms with Gasteiger partial charge in [-0.3, -0.25) is 4.57 Å². The fourth-order valence-corrected chi connectivity index (χ4v) is 1.28. The molecule has 0 heterocycles. The van der Waals surface area contributed by atoms with Crippen LogP contribution in [-0.4, -0.2) is 15.6 Å². The molecule has 0 rings (SSSR count). The zero-order valence-electron chi connectivity index (χ0n) is 4.21. The van der Waals surface area contributed by atoms with Crippen LogP contribution in [0.4, 0.5) is 0 Å². The van der Waals surface area contributed by atoms with Crippen LogP contribution < -0.4 is 3.53 Å². The maximum absolute atomic E-state index is 10.2. The van der Waals surface area contributed by atoms with Crippen molar-refractivity contribution in [2.75, 3.05) is 0 Å². The molecule has 0 radical (unpaired) electrons. The van der Waals surface area contributed by atoms with Gasteiger partial charge >= 0.3 is 7.60 Å². The van der Waals surface area contributed by atoms with Crippen molar-refractivity contribution < 1.29 is 14.4 Å². The van der Waals surface area contributed by atoms with Gasteiger partial charge in [-0.2, -0.15) is 0 Å². The van der Waals surface area contributed by atoms with Gasteiger partial charge in [0.1, 0.15) is 5.78 Å². The van der Waals surface area contributed by atoms with Gasteiger partial charge < -0.3 is 9.79 Å². The van der Waals surface area contributed by atoms with Gasteiger partial charge in [0.2, 0.25) is 0 Å². The summed E-state index contributed by atoms with van der Waals surface area (Å²) in [6.07, 6.45) is 0. The summed E-state index contributed by atoms with van der Waals surface area (Å²) in [5.74, 6) is -0.747. The van der Waals surface area contributed by atoms with E-state index in [0.29, 0.717) is 0 Å². The molecule has 6 heteroatoms. The summed E-state index contributed by atoms with van der Waals surface area (Å²) in [6, 6.07) is 0. The summed E-state index contributed by atoms with van der Waals surface area (Å²) in [5.41, 5.74) is 0. The Balaban J connectivity index is 3.82. The van der Waals surface area contributed by atoms with E-state index in [1.165, 1.54) is 6.92 Å². The number of hydrogen-bond acceptors (Lipinski definition) is 2. The fraction of sp³-hybridized carbons (Fsp3) is 1.00. The van der Waals surface area contributed by atoms with E-state index >= 15 is 0 Å². The molecule has 0 saturated heterocycles.